The molecule has 0 radical (unpaired) electrons. The highest BCUT2D eigenvalue weighted by atomic mass is 32.2. The van der Waals surface area contributed by atoms with Gasteiger partial charge in [-0.1, -0.05) is 30.0 Å². The summed E-state index contributed by atoms with van der Waals surface area (Å²) in [6.45, 7) is 6.28. The molecule has 0 bridgehead atoms. The fourth-order valence-electron chi connectivity index (χ4n) is 3.28. The third kappa shape index (κ3) is 4.19. The van der Waals surface area contributed by atoms with Gasteiger partial charge in [0, 0.05) is 30.6 Å². The van der Waals surface area contributed by atoms with E-state index < -0.39 is 0 Å². The Kier molecular flexibility index (Phi) is 6.31. The molecule has 1 saturated heterocycles. The SMILES string of the molecule is C=CCn1c(SCC(=O)N2CCOCC2)nc2scc(-c3ccc(F)cc3)c2c1=O. The number of hydrogen-bond acceptors (Lipinski definition) is 6. The van der Waals surface area contributed by atoms with E-state index in [0.29, 0.717) is 41.7 Å². The number of thioether (sulfide) groups is 1. The van der Waals surface area contributed by atoms with Crippen molar-refractivity contribution in [3.8, 4) is 11.1 Å². The number of rotatable bonds is 6. The van der Waals surface area contributed by atoms with Gasteiger partial charge in [0.15, 0.2) is 5.16 Å². The summed E-state index contributed by atoms with van der Waals surface area (Å²) in [7, 11) is 0. The third-order valence-electron chi connectivity index (χ3n) is 4.81. The van der Waals surface area contributed by atoms with Crippen LogP contribution in [-0.2, 0) is 16.1 Å². The Balaban J connectivity index is 1.67. The summed E-state index contributed by atoms with van der Waals surface area (Å²) in [4.78, 5) is 32.8. The summed E-state index contributed by atoms with van der Waals surface area (Å²) >= 11 is 2.62. The molecule has 0 aliphatic carbocycles. The maximum Gasteiger partial charge on any atom is 0.263 e. The van der Waals surface area contributed by atoms with Crippen LogP contribution in [0.4, 0.5) is 4.39 Å². The molecule has 6 nitrogen and oxygen atoms in total. The molecule has 0 unspecified atom stereocenters. The number of carbonyl (C=O) groups is 1. The van der Waals surface area contributed by atoms with Crippen LogP contribution in [0.25, 0.3) is 21.3 Å². The summed E-state index contributed by atoms with van der Waals surface area (Å²) in [5.41, 5.74) is 1.29. The first-order chi connectivity index (χ1) is 14.6. The Bertz CT molecular complexity index is 1130. The van der Waals surface area contributed by atoms with Gasteiger partial charge in [0.1, 0.15) is 10.6 Å². The summed E-state index contributed by atoms with van der Waals surface area (Å²) in [6.07, 6.45) is 1.63. The molecule has 4 rings (SSSR count). The normalized spacial score (nSPS) is 14.2. The van der Waals surface area contributed by atoms with Crippen LogP contribution in [-0.4, -0.2) is 52.4 Å². The summed E-state index contributed by atoms with van der Waals surface area (Å²) in [5, 5.41) is 2.84. The van der Waals surface area contributed by atoms with Crippen LogP contribution < -0.4 is 5.56 Å². The monoisotopic (exact) mass is 445 g/mol. The fourth-order valence-corrected chi connectivity index (χ4v) is 5.18. The molecule has 3 heterocycles. The van der Waals surface area contributed by atoms with E-state index in [2.05, 4.69) is 11.6 Å². The van der Waals surface area contributed by atoms with Gasteiger partial charge in [0.05, 0.1) is 24.4 Å². The highest BCUT2D eigenvalue weighted by Crippen LogP contribution is 2.32. The largest absolute Gasteiger partial charge is 0.378 e. The first-order valence-corrected chi connectivity index (χ1v) is 11.3. The van der Waals surface area contributed by atoms with Gasteiger partial charge < -0.3 is 9.64 Å². The molecule has 2 aromatic heterocycles. The lowest BCUT2D eigenvalue weighted by Crippen LogP contribution is -2.41. The molecule has 0 spiro atoms. The van der Waals surface area contributed by atoms with Crippen molar-refractivity contribution in [1.29, 1.82) is 0 Å². The Hall–Kier alpha value is -2.49. The van der Waals surface area contributed by atoms with Crippen LogP contribution in [0.5, 0.6) is 0 Å². The van der Waals surface area contributed by atoms with Gasteiger partial charge in [-0.05, 0) is 17.7 Å². The minimum atomic E-state index is -0.330. The summed E-state index contributed by atoms with van der Waals surface area (Å²) < 4.78 is 20.1. The van der Waals surface area contributed by atoms with Crippen molar-refractivity contribution >= 4 is 39.2 Å². The molecule has 156 valence electrons. The highest BCUT2D eigenvalue weighted by molar-refractivity contribution is 7.99. The van der Waals surface area contributed by atoms with Gasteiger partial charge in [-0.2, -0.15) is 0 Å². The molecule has 1 amide bonds. The molecule has 1 aliphatic rings. The summed E-state index contributed by atoms with van der Waals surface area (Å²) in [6, 6.07) is 6.04. The third-order valence-corrected chi connectivity index (χ3v) is 6.65. The molecule has 0 saturated carbocycles. The van der Waals surface area contributed by atoms with Crippen LogP contribution in [0, 0.1) is 5.82 Å². The topological polar surface area (TPSA) is 64.4 Å². The van der Waals surface area contributed by atoms with Crippen LogP contribution >= 0.6 is 23.1 Å². The maximum absolute atomic E-state index is 13.3. The number of carbonyl (C=O) groups excluding carboxylic acids is 1. The second-order valence-corrected chi connectivity index (χ2v) is 8.52. The van der Waals surface area contributed by atoms with Crippen molar-refractivity contribution in [3.63, 3.8) is 0 Å². The summed E-state index contributed by atoms with van der Waals surface area (Å²) in [5.74, 6) is -0.129. The van der Waals surface area contributed by atoms with Crippen molar-refractivity contribution in [2.24, 2.45) is 0 Å². The number of nitrogens with zero attached hydrogens (tertiary/aromatic N) is 3. The number of aromatic nitrogens is 2. The number of allylic oxidation sites excluding steroid dienone is 1. The van der Waals surface area contributed by atoms with E-state index in [9.17, 15) is 14.0 Å². The molecule has 1 aliphatic heterocycles. The van der Waals surface area contributed by atoms with Gasteiger partial charge in [-0.15, -0.1) is 17.9 Å². The molecule has 1 fully saturated rings. The van der Waals surface area contributed by atoms with Gasteiger partial charge in [-0.25, -0.2) is 9.37 Å². The van der Waals surface area contributed by atoms with E-state index in [4.69, 9.17) is 4.74 Å². The standard InChI is InChI=1S/C21H20FN3O3S2/c1-2-7-25-20(27)18-16(14-3-5-15(22)6-4-14)12-29-19(18)23-21(25)30-13-17(26)24-8-10-28-11-9-24/h2-6,12H,1,7-11,13H2. The molecule has 0 N–H and O–H groups in total. The zero-order valence-corrected chi connectivity index (χ0v) is 17.8. The quantitative estimate of drug-likeness (QED) is 0.331. The van der Waals surface area contributed by atoms with Gasteiger partial charge >= 0.3 is 0 Å². The van der Waals surface area contributed by atoms with Crippen molar-refractivity contribution in [2.75, 3.05) is 32.1 Å². The number of thiophene rings is 1. The van der Waals surface area contributed by atoms with Gasteiger partial charge in [-0.3, -0.25) is 14.2 Å². The average Bonchev–Trinajstić information content (AvgIpc) is 3.19. The minimum Gasteiger partial charge on any atom is -0.378 e. The Labute approximate surface area is 181 Å². The molecular weight excluding hydrogens is 425 g/mol. The second-order valence-electron chi connectivity index (χ2n) is 6.72. The van der Waals surface area contributed by atoms with E-state index >= 15 is 0 Å². The first-order valence-electron chi connectivity index (χ1n) is 9.45. The van der Waals surface area contributed by atoms with Crippen molar-refractivity contribution in [1.82, 2.24) is 14.5 Å². The number of morpholine rings is 1. The fraction of sp³-hybridized carbons (Fsp3) is 0.286. The molecule has 0 atom stereocenters. The number of fused-ring (bicyclic) bond motifs is 1. The van der Waals surface area contributed by atoms with E-state index in [1.165, 1.54) is 39.8 Å². The molecule has 3 aromatic rings. The smallest absolute Gasteiger partial charge is 0.263 e. The molecule has 30 heavy (non-hydrogen) atoms. The van der Waals surface area contributed by atoms with E-state index in [1.54, 1.807) is 23.1 Å². The highest BCUT2D eigenvalue weighted by Gasteiger charge is 2.20. The number of halogens is 1. The Morgan fingerprint density at radius 3 is 2.73 bits per heavy atom. The lowest BCUT2D eigenvalue weighted by molar-refractivity contribution is -0.132. The van der Waals surface area contributed by atoms with Crippen molar-refractivity contribution in [2.45, 2.75) is 11.7 Å². The van der Waals surface area contributed by atoms with E-state index in [0.717, 1.165) is 11.1 Å². The van der Waals surface area contributed by atoms with Crippen LogP contribution in [0.1, 0.15) is 0 Å². The lowest BCUT2D eigenvalue weighted by atomic mass is 10.1. The maximum atomic E-state index is 13.3. The molecule has 1 aromatic carbocycles. The predicted molar refractivity (Wildman–Crippen MR) is 118 cm³/mol. The molecule has 9 heteroatoms. The number of benzene rings is 1. The predicted octanol–water partition coefficient (Wildman–Crippen LogP) is 3.40. The number of ether oxygens (including phenoxy) is 1. The minimum absolute atomic E-state index is 0.000907. The van der Waals surface area contributed by atoms with E-state index in [-0.39, 0.29) is 29.6 Å². The number of amides is 1. The lowest BCUT2D eigenvalue weighted by Gasteiger charge is -2.26. The average molecular weight is 446 g/mol. The van der Waals surface area contributed by atoms with Gasteiger partial charge in [0.2, 0.25) is 5.91 Å². The number of hydrogen-bond donors (Lipinski definition) is 0. The van der Waals surface area contributed by atoms with Crippen LogP contribution in [0.15, 0.2) is 52.3 Å². The van der Waals surface area contributed by atoms with E-state index in [1.807, 2.05) is 5.38 Å². The van der Waals surface area contributed by atoms with Crippen LogP contribution in [0.2, 0.25) is 0 Å². The Morgan fingerprint density at radius 1 is 1.30 bits per heavy atom. The van der Waals surface area contributed by atoms with Crippen molar-refractivity contribution in [3.05, 3.63) is 58.5 Å². The zero-order valence-electron chi connectivity index (χ0n) is 16.2. The first kappa shape index (κ1) is 20.8. The Morgan fingerprint density at radius 2 is 2.03 bits per heavy atom. The van der Waals surface area contributed by atoms with Crippen molar-refractivity contribution < 1.29 is 13.9 Å². The molecular formula is C21H20FN3O3S2. The van der Waals surface area contributed by atoms with Crippen LogP contribution in [0.3, 0.4) is 0 Å². The van der Waals surface area contributed by atoms with Gasteiger partial charge in [0.25, 0.3) is 5.56 Å². The zero-order chi connectivity index (χ0) is 21.1. The second kappa shape index (κ2) is 9.11.